The fourth-order valence-corrected chi connectivity index (χ4v) is 3.45. The Kier molecular flexibility index (Phi) is 7.72. The third-order valence-electron chi connectivity index (χ3n) is 4.55. The molecule has 3 aromatic carbocycles. The molecule has 0 spiro atoms. The molecule has 3 N–H and O–H groups in total. The van der Waals surface area contributed by atoms with E-state index in [1.54, 1.807) is 30.3 Å². The van der Waals surface area contributed by atoms with Gasteiger partial charge in [0.2, 0.25) is 5.75 Å². The second-order valence-electron chi connectivity index (χ2n) is 6.69. The van der Waals surface area contributed by atoms with Crippen LogP contribution in [0.15, 0.2) is 48.5 Å². The van der Waals surface area contributed by atoms with Gasteiger partial charge in [-0.05, 0) is 57.3 Å². The topological polar surface area (TPSA) is 89.1 Å². The fraction of sp³-hybridized carbons (Fsp3) is 0.250. The Hall–Kier alpha value is -3.52. The predicted octanol–water partition coefficient (Wildman–Crippen LogP) is 4.87. The van der Waals surface area contributed by atoms with E-state index in [2.05, 4.69) is 10.6 Å². The Balaban J connectivity index is 1.83. The summed E-state index contributed by atoms with van der Waals surface area (Å²) in [6.45, 7) is 6.81. The average Bonchev–Trinajstić information content (AvgIpc) is 2.76. The number of carbonyl (C=O) groups is 1. The number of nitrogens with one attached hydrogen (secondary N) is 2. The number of fused-ring (bicyclic) bond motifs is 1. The first-order valence-electron chi connectivity index (χ1n) is 10.4. The minimum atomic E-state index is -0.421. The van der Waals surface area contributed by atoms with Crippen LogP contribution >= 0.6 is 12.2 Å². The molecule has 0 saturated carbocycles. The third kappa shape index (κ3) is 5.20. The zero-order valence-electron chi connectivity index (χ0n) is 18.2. The van der Waals surface area contributed by atoms with Gasteiger partial charge in [0.05, 0.1) is 19.8 Å². The molecule has 0 aliphatic heterocycles. The Labute approximate surface area is 192 Å². The van der Waals surface area contributed by atoms with E-state index < -0.39 is 5.91 Å². The molecule has 0 atom stereocenters. The van der Waals surface area contributed by atoms with Crippen LogP contribution in [0.2, 0.25) is 0 Å². The van der Waals surface area contributed by atoms with Crippen molar-refractivity contribution in [1.82, 2.24) is 5.32 Å². The van der Waals surface area contributed by atoms with E-state index in [0.717, 1.165) is 5.39 Å². The van der Waals surface area contributed by atoms with Crippen LogP contribution in [0.5, 0.6) is 23.0 Å². The molecule has 0 bridgehead atoms. The maximum atomic E-state index is 12.9. The van der Waals surface area contributed by atoms with Gasteiger partial charge in [0.25, 0.3) is 5.91 Å². The lowest BCUT2D eigenvalue weighted by Crippen LogP contribution is -2.34. The van der Waals surface area contributed by atoms with E-state index in [4.69, 9.17) is 26.4 Å². The van der Waals surface area contributed by atoms with Crippen molar-refractivity contribution in [2.75, 3.05) is 25.1 Å². The molecule has 1 amide bonds. The molecule has 32 heavy (non-hydrogen) atoms. The van der Waals surface area contributed by atoms with Gasteiger partial charge in [-0.1, -0.05) is 24.3 Å². The van der Waals surface area contributed by atoms with E-state index in [1.807, 2.05) is 39.0 Å². The molecule has 3 rings (SSSR count). The summed E-state index contributed by atoms with van der Waals surface area (Å²) in [5.41, 5.74) is 0.987. The van der Waals surface area contributed by atoms with Crippen LogP contribution in [0.1, 0.15) is 31.1 Å². The molecular formula is C24H26N2O5S. The number of hydrogen-bond donors (Lipinski definition) is 3. The highest BCUT2D eigenvalue weighted by Gasteiger charge is 2.19. The quantitative estimate of drug-likeness (QED) is 0.419. The Bertz CT molecular complexity index is 1110. The third-order valence-corrected chi connectivity index (χ3v) is 4.75. The monoisotopic (exact) mass is 454 g/mol. The number of ether oxygens (including phenoxy) is 3. The molecule has 0 heterocycles. The maximum absolute atomic E-state index is 12.9. The van der Waals surface area contributed by atoms with Crippen LogP contribution in [0.3, 0.4) is 0 Å². The maximum Gasteiger partial charge on any atom is 0.257 e. The molecule has 0 unspecified atom stereocenters. The van der Waals surface area contributed by atoms with Crippen molar-refractivity contribution in [1.29, 1.82) is 0 Å². The van der Waals surface area contributed by atoms with Gasteiger partial charge in [0, 0.05) is 22.0 Å². The highest BCUT2D eigenvalue weighted by molar-refractivity contribution is 7.80. The Morgan fingerprint density at radius 3 is 2.12 bits per heavy atom. The lowest BCUT2D eigenvalue weighted by Gasteiger charge is -2.17. The van der Waals surface area contributed by atoms with Crippen molar-refractivity contribution < 1.29 is 24.1 Å². The standard InChI is InChI=1S/C24H26N2O5S/c1-4-29-20-13-15(14-21(30-5-2)22(20)31-6-3)23(28)26-24(32)25-18-11-7-10-17-16(18)9-8-12-19(17)27/h7-14,27H,4-6H2,1-3H3,(H2,25,26,28,32). The number of amides is 1. The van der Waals surface area contributed by atoms with Crippen molar-refractivity contribution in [2.45, 2.75) is 20.8 Å². The van der Waals surface area contributed by atoms with Crippen LogP contribution in [-0.4, -0.2) is 35.9 Å². The molecular weight excluding hydrogens is 428 g/mol. The summed E-state index contributed by atoms with van der Waals surface area (Å²) in [5, 5.41) is 17.3. The number of anilines is 1. The molecule has 0 fully saturated rings. The first-order valence-corrected chi connectivity index (χ1v) is 10.8. The van der Waals surface area contributed by atoms with Crippen molar-refractivity contribution in [3.8, 4) is 23.0 Å². The van der Waals surface area contributed by atoms with Gasteiger partial charge in [0.1, 0.15) is 5.75 Å². The minimum Gasteiger partial charge on any atom is -0.507 e. The Morgan fingerprint density at radius 1 is 0.906 bits per heavy atom. The van der Waals surface area contributed by atoms with E-state index >= 15 is 0 Å². The predicted molar refractivity (Wildman–Crippen MR) is 129 cm³/mol. The lowest BCUT2D eigenvalue weighted by atomic mass is 10.1. The molecule has 168 valence electrons. The molecule has 8 heteroatoms. The van der Waals surface area contributed by atoms with Gasteiger partial charge in [0.15, 0.2) is 16.6 Å². The fourth-order valence-electron chi connectivity index (χ4n) is 3.25. The summed E-state index contributed by atoms with van der Waals surface area (Å²) in [6, 6.07) is 13.8. The number of phenolic OH excluding ortho intramolecular Hbond substituents is 1. The molecule has 0 aromatic heterocycles. The second kappa shape index (κ2) is 10.7. The van der Waals surface area contributed by atoms with Crippen LogP contribution < -0.4 is 24.8 Å². The van der Waals surface area contributed by atoms with Crippen LogP contribution in [0.4, 0.5) is 5.69 Å². The highest BCUT2D eigenvalue weighted by Crippen LogP contribution is 2.39. The number of carbonyl (C=O) groups excluding carboxylic acids is 1. The number of phenols is 1. The molecule has 7 nitrogen and oxygen atoms in total. The van der Waals surface area contributed by atoms with E-state index in [-0.39, 0.29) is 10.9 Å². The van der Waals surface area contributed by atoms with Crippen LogP contribution in [0.25, 0.3) is 10.8 Å². The normalized spacial score (nSPS) is 10.5. The summed E-state index contributed by atoms with van der Waals surface area (Å²) in [7, 11) is 0. The number of benzene rings is 3. The van der Waals surface area contributed by atoms with E-state index in [0.29, 0.717) is 53.7 Å². The van der Waals surface area contributed by atoms with E-state index in [1.165, 1.54) is 0 Å². The van der Waals surface area contributed by atoms with Gasteiger partial charge >= 0.3 is 0 Å². The van der Waals surface area contributed by atoms with Crippen LogP contribution in [-0.2, 0) is 0 Å². The smallest absolute Gasteiger partial charge is 0.257 e. The molecule has 0 aliphatic carbocycles. The molecule has 0 saturated heterocycles. The summed E-state index contributed by atoms with van der Waals surface area (Å²) in [4.78, 5) is 12.9. The van der Waals surface area contributed by atoms with Crippen molar-refractivity contribution >= 4 is 39.7 Å². The van der Waals surface area contributed by atoms with Gasteiger partial charge in [-0.25, -0.2) is 0 Å². The van der Waals surface area contributed by atoms with Gasteiger partial charge in [-0.15, -0.1) is 0 Å². The van der Waals surface area contributed by atoms with Gasteiger partial charge in [-0.3, -0.25) is 10.1 Å². The lowest BCUT2D eigenvalue weighted by molar-refractivity contribution is 0.0976. The molecule has 0 radical (unpaired) electrons. The van der Waals surface area contributed by atoms with Crippen molar-refractivity contribution in [2.24, 2.45) is 0 Å². The van der Waals surface area contributed by atoms with Crippen molar-refractivity contribution in [3.63, 3.8) is 0 Å². The number of thiocarbonyl (C=S) groups is 1. The van der Waals surface area contributed by atoms with Crippen LogP contribution in [0, 0.1) is 0 Å². The first kappa shape index (κ1) is 23.1. The highest BCUT2D eigenvalue weighted by atomic mass is 32.1. The molecule has 3 aromatic rings. The average molecular weight is 455 g/mol. The molecule has 0 aliphatic rings. The number of hydrogen-bond acceptors (Lipinski definition) is 6. The summed E-state index contributed by atoms with van der Waals surface area (Å²) < 4.78 is 17.0. The van der Waals surface area contributed by atoms with Crippen molar-refractivity contribution in [3.05, 3.63) is 54.1 Å². The van der Waals surface area contributed by atoms with Gasteiger partial charge < -0.3 is 24.6 Å². The minimum absolute atomic E-state index is 0.121. The summed E-state index contributed by atoms with van der Waals surface area (Å²) in [6.07, 6.45) is 0. The van der Waals surface area contributed by atoms with Gasteiger partial charge in [-0.2, -0.15) is 0 Å². The number of aromatic hydroxyl groups is 1. The first-order chi connectivity index (χ1) is 15.5. The largest absolute Gasteiger partial charge is 0.507 e. The SMILES string of the molecule is CCOc1cc(C(=O)NC(=S)Nc2cccc3c(O)cccc23)cc(OCC)c1OCC. The second-order valence-corrected chi connectivity index (χ2v) is 7.10. The Morgan fingerprint density at radius 2 is 1.50 bits per heavy atom. The van der Waals surface area contributed by atoms with E-state index in [9.17, 15) is 9.90 Å². The number of rotatable bonds is 8. The zero-order valence-corrected chi connectivity index (χ0v) is 19.0. The summed E-state index contributed by atoms with van der Waals surface area (Å²) in [5.74, 6) is 1.06. The zero-order chi connectivity index (χ0) is 23.1. The summed E-state index contributed by atoms with van der Waals surface area (Å²) >= 11 is 5.35.